The molecule has 1 unspecified atom stereocenters. The maximum atomic E-state index is 11.7. The Kier molecular flexibility index (Phi) is 5.69. The second kappa shape index (κ2) is 6.81. The lowest BCUT2D eigenvalue weighted by atomic mass is 10.1. The molecule has 0 aliphatic rings. The fourth-order valence-corrected chi connectivity index (χ4v) is 2.82. The van der Waals surface area contributed by atoms with Gasteiger partial charge in [-0.25, -0.2) is 0 Å². The van der Waals surface area contributed by atoms with E-state index in [-0.39, 0.29) is 5.97 Å². The van der Waals surface area contributed by atoms with Gasteiger partial charge in [-0.3, -0.25) is 4.79 Å². The van der Waals surface area contributed by atoms with Crippen LogP contribution in [0.5, 0.6) is 0 Å². The molecule has 0 bridgehead atoms. The summed E-state index contributed by atoms with van der Waals surface area (Å²) in [6.45, 7) is 3.95. The molecule has 0 aliphatic heterocycles. The van der Waals surface area contributed by atoms with Crippen LogP contribution in [0.3, 0.4) is 0 Å². The van der Waals surface area contributed by atoms with Crippen LogP contribution in [0.1, 0.15) is 18.1 Å². The molecule has 1 N–H and O–H groups in total. The third kappa shape index (κ3) is 4.03. The van der Waals surface area contributed by atoms with E-state index >= 15 is 0 Å². The lowest BCUT2D eigenvalue weighted by Crippen LogP contribution is -2.50. The van der Waals surface area contributed by atoms with Crippen LogP contribution in [0.4, 0.5) is 0 Å². The Morgan fingerprint density at radius 3 is 2.78 bits per heavy atom. The van der Waals surface area contributed by atoms with Crippen LogP contribution in [-0.4, -0.2) is 31.4 Å². The van der Waals surface area contributed by atoms with Gasteiger partial charge in [0.15, 0.2) is 0 Å². The molecular weight excluding hydrogens is 246 g/mol. The smallest absolute Gasteiger partial charge is 0.326 e. The molecule has 100 valence electrons. The standard InChI is InChI=1S/C14H21NO2S/c1-11-6-5-7-12(8-11)9-18-10-14(2,15-3)13(16)17-4/h5-8,15H,9-10H2,1-4H3. The average Bonchev–Trinajstić information content (AvgIpc) is 2.37. The van der Waals surface area contributed by atoms with Crippen molar-refractivity contribution in [2.45, 2.75) is 25.1 Å². The molecule has 0 saturated carbocycles. The van der Waals surface area contributed by atoms with E-state index < -0.39 is 5.54 Å². The maximum Gasteiger partial charge on any atom is 0.326 e. The van der Waals surface area contributed by atoms with Crippen LogP contribution >= 0.6 is 11.8 Å². The minimum atomic E-state index is -0.622. The molecule has 0 heterocycles. The number of thioether (sulfide) groups is 1. The zero-order valence-electron chi connectivity index (χ0n) is 11.4. The fraction of sp³-hybridized carbons (Fsp3) is 0.500. The van der Waals surface area contributed by atoms with Crippen molar-refractivity contribution < 1.29 is 9.53 Å². The van der Waals surface area contributed by atoms with Crippen LogP contribution in [0.15, 0.2) is 24.3 Å². The first kappa shape index (κ1) is 15.1. The molecule has 1 aromatic carbocycles. The van der Waals surface area contributed by atoms with Gasteiger partial charge in [-0.2, -0.15) is 11.8 Å². The van der Waals surface area contributed by atoms with Crippen molar-refractivity contribution >= 4 is 17.7 Å². The highest BCUT2D eigenvalue weighted by molar-refractivity contribution is 7.98. The van der Waals surface area contributed by atoms with Crippen molar-refractivity contribution in [2.24, 2.45) is 0 Å². The average molecular weight is 267 g/mol. The highest BCUT2D eigenvalue weighted by Crippen LogP contribution is 2.19. The monoisotopic (exact) mass is 267 g/mol. The van der Waals surface area contributed by atoms with E-state index in [1.165, 1.54) is 18.2 Å². The zero-order valence-corrected chi connectivity index (χ0v) is 12.3. The topological polar surface area (TPSA) is 38.3 Å². The fourth-order valence-electron chi connectivity index (χ4n) is 1.63. The number of benzene rings is 1. The summed E-state index contributed by atoms with van der Waals surface area (Å²) in [6, 6.07) is 8.42. The number of likely N-dealkylation sites (N-methyl/N-ethyl adjacent to an activating group) is 1. The molecule has 4 heteroatoms. The quantitative estimate of drug-likeness (QED) is 0.803. The lowest BCUT2D eigenvalue weighted by Gasteiger charge is -2.25. The predicted molar refractivity (Wildman–Crippen MR) is 76.8 cm³/mol. The van der Waals surface area contributed by atoms with Gasteiger partial charge in [0.05, 0.1) is 7.11 Å². The molecule has 0 fully saturated rings. The largest absolute Gasteiger partial charge is 0.468 e. The van der Waals surface area contributed by atoms with Gasteiger partial charge in [0.2, 0.25) is 0 Å². The number of ether oxygens (including phenoxy) is 1. The third-order valence-electron chi connectivity index (χ3n) is 2.93. The summed E-state index contributed by atoms with van der Waals surface area (Å²) in [6.07, 6.45) is 0. The van der Waals surface area contributed by atoms with E-state index in [2.05, 4.69) is 36.5 Å². The molecule has 1 aromatic rings. The van der Waals surface area contributed by atoms with Crippen molar-refractivity contribution in [1.29, 1.82) is 0 Å². The predicted octanol–water partition coefficient (Wildman–Crippen LogP) is 2.38. The molecule has 3 nitrogen and oxygen atoms in total. The number of rotatable bonds is 6. The van der Waals surface area contributed by atoms with Gasteiger partial charge in [-0.15, -0.1) is 0 Å². The van der Waals surface area contributed by atoms with E-state index in [1.54, 1.807) is 18.8 Å². The first-order valence-corrected chi connectivity index (χ1v) is 7.08. The van der Waals surface area contributed by atoms with Crippen molar-refractivity contribution in [3.05, 3.63) is 35.4 Å². The Bertz CT molecular complexity index is 409. The second-order valence-electron chi connectivity index (χ2n) is 4.56. The first-order valence-electron chi connectivity index (χ1n) is 5.92. The molecule has 0 spiro atoms. The Hall–Kier alpha value is -1.00. The minimum absolute atomic E-state index is 0.221. The van der Waals surface area contributed by atoms with Crippen molar-refractivity contribution in [2.75, 3.05) is 19.9 Å². The number of hydrogen-bond donors (Lipinski definition) is 1. The summed E-state index contributed by atoms with van der Waals surface area (Å²) in [5.74, 6) is 1.36. The summed E-state index contributed by atoms with van der Waals surface area (Å²) in [4.78, 5) is 11.7. The summed E-state index contributed by atoms with van der Waals surface area (Å²) >= 11 is 1.73. The summed E-state index contributed by atoms with van der Waals surface area (Å²) in [7, 11) is 3.20. The van der Waals surface area contributed by atoms with Crippen LogP contribution in [0.25, 0.3) is 0 Å². The van der Waals surface area contributed by atoms with Crippen LogP contribution in [0.2, 0.25) is 0 Å². The summed E-state index contributed by atoms with van der Waals surface area (Å²) < 4.78 is 4.81. The van der Waals surface area contributed by atoms with Crippen molar-refractivity contribution in [3.8, 4) is 0 Å². The minimum Gasteiger partial charge on any atom is -0.468 e. The van der Waals surface area contributed by atoms with E-state index in [9.17, 15) is 4.79 Å². The van der Waals surface area contributed by atoms with Crippen LogP contribution in [0, 0.1) is 6.92 Å². The maximum absolute atomic E-state index is 11.7. The number of esters is 1. The molecule has 1 rings (SSSR count). The second-order valence-corrected chi connectivity index (χ2v) is 5.54. The highest BCUT2D eigenvalue weighted by Gasteiger charge is 2.32. The molecule has 0 radical (unpaired) electrons. The normalized spacial score (nSPS) is 14.0. The number of hydrogen-bond acceptors (Lipinski definition) is 4. The number of aryl methyl sites for hydroxylation is 1. The van der Waals surface area contributed by atoms with Crippen LogP contribution < -0.4 is 5.32 Å². The molecule has 0 aromatic heterocycles. The highest BCUT2D eigenvalue weighted by atomic mass is 32.2. The molecule has 18 heavy (non-hydrogen) atoms. The Balaban J connectivity index is 2.52. The summed E-state index contributed by atoms with van der Waals surface area (Å²) in [5, 5.41) is 3.03. The third-order valence-corrected chi connectivity index (χ3v) is 4.25. The van der Waals surface area contributed by atoms with Gasteiger partial charge in [-0.1, -0.05) is 29.8 Å². The van der Waals surface area contributed by atoms with Gasteiger partial charge in [0, 0.05) is 11.5 Å². The van der Waals surface area contributed by atoms with E-state index in [1.807, 2.05) is 6.92 Å². The molecule has 0 aliphatic carbocycles. The molecule has 1 atom stereocenters. The van der Waals surface area contributed by atoms with Gasteiger partial charge >= 0.3 is 5.97 Å². The number of carbonyl (C=O) groups is 1. The first-order chi connectivity index (χ1) is 8.51. The Morgan fingerprint density at radius 2 is 2.22 bits per heavy atom. The van der Waals surface area contributed by atoms with Crippen molar-refractivity contribution in [3.63, 3.8) is 0 Å². The van der Waals surface area contributed by atoms with Gasteiger partial charge in [-0.05, 0) is 26.5 Å². The SMILES string of the molecule is CNC(C)(CSCc1cccc(C)c1)C(=O)OC. The lowest BCUT2D eigenvalue weighted by molar-refractivity contribution is -0.146. The summed E-state index contributed by atoms with van der Waals surface area (Å²) in [5.41, 5.74) is 1.92. The van der Waals surface area contributed by atoms with Crippen LogP contribution in [-0.2, 0) is 15.3 Å². The Morgan fingerprint density at radius 1 is 1.50 bits per heavy atom. The van der Waals surface area contributed by atoms with E-state index in [4.69, 9.17) is 4.74 Å². The molecule has 0 saturated heterocycles. The number of carbonyl (C=O) groups excluding carboxylic acids is 1. The Labute approximate surface area is 113 Å². The van der Waals surface area contributed by atoms with E-state index in [0.717, 1.165) is 5.75 Å². The number of methoxy groups -OCH3 is 1. The number of nitrogens with one attached hydrogen (secondary N) is 1. The van der Waals surface area contributed by atoms with Crippen molar-refractivity contribution in [1.82, 2.24) is 5.32 Å². The van der Waals surface area contributed by atoms with Gasteiger partial charge in [0.1, 0.15) is 5.54 Å². The molecular formula is C14H21NO2S. The van der Waals surface area contributed by atoms with Gasteiger partial charge in [0.25, 0.3) is 0 Å². The molecule has 0 amide bonds. The van der Waals surface area contributed by atoms with Gasteiger partial charge < -0.3 is 10.1 Å². The zero-order chi connectivity index (χ0) is 13.6. The van der Waals surface area contributed by atoms with E-state index in [0.29, 0.717) is 5.75 Å².